The molecule has 3 fully saturated rings. The number of amides is 13. The number of nitrogens with zero attached hydrogens (tertiary/aromatic N) is 8. The van der Waals surface area contributed by atoms with Crippen molar-refractivity contribution in [2.24, 2.45) is 5.18 Å². The Balaban J connectivity index is 0.000000938. The number of carboxylic acids is 2. The maximum absolute atomic E-state index is 12.5. The summed E-state index contributed by atoms with van der Waals surface area (Å²) in [6.45, 7) is 1.71. The van der Waals surface area contributed by atoms with Gasteiger partial charge >= 0.3 is 42.1 Å². The van der Waals surface area contributed by atoms with Gasteiger partial charge in [-0.2, -0.15) is 0 Å². The number of nitroso groups, excluding NO2 is 1. The first-order valence-electron chi connectivity index (χ1n) is 21.7. The van der Waals surface area contributed by atoms with Crippen molar-refractivity contribution < 1.29 is 81.0 Å². The van der Waals surface area contributed by atoms with Crippen LogP contribution in [0, 0.1) is 4.91 Å². The second kappa shape index (κ2) is 29.9. The van der Waals surface area contributed by atoms with Crippen molar-refractivity contribution in [3.05, 3.63) is 34.5 Å². The van der Waals surface area contributed by atoms with Crippen molar-refractivity contribution in [1.82, 2.24) is 71.6 Å². The Morgan fingerprint density at radius 2 is 1.24 bits per heavy atom. The average molecular weight is 1010 g/mol. The Labute approximate surface area is 401 Å². The molecule has 68 heavy (non-hydrogen) atoms. The van der Waals surface area contributed by atoms with Crippen molar-refractivity contribution in [1.29, 1.82) is 0 Å². The Hall–Kier alpha value is -6.62. The maximum Gasteiger partial charge on any atom is 0.325 e. The number of carboxylic acid groups (broad SMARTS) is 2. The third-order valence-corrected chi connectivity index (χ3v) is 10.5. The monoisotopic (exact) mass is 1010 g/mol. The Morgan fingerprint density at radius 1 is 0.750 bits per heavy atom. The summed E-state index contributed by atoms with van der Waals surface area (Å²) in [5.74, 6) is -3.34. The second-order valence-corrected chi connectivity index (χ2v) is 15.1. The van der Waals surface area contributed by atoms with E-state index in [1.54, 1.807) is 28.0 Å². The number of aromatic nitrogens is 1. The molecular formula is C38H58FMnN15O13. The van der Waals surface area contributed by atoms with E-state index < -0.39 is 79.8 Å². The van der Waals surface area contributed by atoms with Crippen LogP contribution in [0.25, 0.3) is 0 Å². The van der Waals surface area contributed by atoms with Gasteiger partial charge in [0, 0.05) is 108 Å². The van der Waals surface area contributed by atoms with E-state index in [1.807, 2.05) is 11.9 Å². The summed E-state index contributed by atoms with van der Waals surface area (Å²) >= 11 is 0. The molecule has 1 aromatic heterocycles. The molecule has 4 aliphatic heterocycles. The number of carbonyl (C=O) groups is 10. The van der Waals surface area contributed by atoms with Gasteiger partial charge in [0.15, 0.2) is 6.67 Å². The van der Waals surface area contributed by atoms with Gasteiger partial charge in [0.2, 0.25) is 17.7 Å². The largest absolute Gasteiger partial charge is 0.480 e. The summed E-state index contributed by atoms with van der Waals surface area (Å²) in [6.07, 6.45) is 0.589. The topological polar surface area (TPSA) is 357 Å². The Morgan fingerprint density at radius 3 is 1.69 bits per heavy atom. The van der Waals surface area contributed by atoms with Crippen LogP contribution in [0.4, 0.5) is 28.4 Å². The fourth-order valence-corrected chi connectivity index (χ4v) is 6.88. The average Bonchev–Trinajstić information content (AvgIpc) is 3.28. The second-order valence-electron chi connectivity index (χ2n) is 15.1. The van der Waals surface area contributed by atoms with Crippen molar-refractivity contribution in [2.75, 3.05) is 93.1 Å². The molecule has 0 aromatic carbocycles. The van der Waals surface area contributed by atoms with Crippen LogP contribution in [-0.4, -0.2) is 210 Å². The maximum atomic E-state index is 12.5. The molecule has 0 saturated carbocycles. The van der Waals surface area contributed by atoms with E-state index in [0.717, 1.165) is 9.80 Å². The van der Waals surface area contributed by atoms with Crippen LogP contribution in [0.5, 0.6) is 0 Å². The van der Waals surface area contributed by atoms with Crippen molar-refractivity contribution >= 4 is 59.8 Å². The molecule has 1 aromatic rings. The van der Waals surface area contributed by atoms with E-state index in [2.05, 4.69) is 42.4 Å². The molecular weight excluding hydrogens is 948 g/mol. The summed E-state index contributed by atoms with van der Waals surface area (Å²) in [5.41, 5.74) is 1.13. The van der Waals surface area contributed by atoms with Crippen molar-refractivity contribution in [3.8, 4) is 0 Å². The molecule has 5 rings (SSSR count). The number of imide groups is 3. The number of alkyl halides is 1. The Bertz CT molecular complexity index is 1950. The summed E-state index contributed by atoms with van der Waals surface area (Å²) in [5, 5.41) is 40.1. The summed E-state index contributed by atoms with van der Waals surface area (Å²) < 4.78 is 15.5. The number of likely N-dealkylation sites (N-methyl/N-ethyl adjacent to an activating group) is 1. The Kier molecular flexibility index (Phi) is 24.5. The number of aliphatic carboxylic acids is 2. The van der Waals surface area contributed by atoms with Crippen LogP contribution in [0.2, 0.25) is 0 Å². The molecule has 13 amide bonds. The van der Waals surface area contributed by atoms with Gasteiger partial charge in [-0.05, 0) is 37.2 Å². The van der Waals surface area contributed by atoms with E-state index in [9.17, 15) is 67.5 Å². The smallest absolute Gasteiger partial charge is 0.325 e. The predicted molar refractivity (Wildman–Crippen MR) is 230 cm³/mol. The molecule has 1 radical (unpaired) electrons. The van der Waals surface area contributed by atoms with Crippen LogP contribution in [0.1, 0.15) is 44.9 Å². The molecule has 28 nitrogen and oxygen atoms in total. The third kappa shape index (κ3) is 18.9. The molecule has 377 valence electrons. The van der Waals surface area contributed by atoms with E-state index in [0.29, 0.717) is 44.1 Å². The SMILES string of the molecule is CN1CCN(C(CCNC(=O)NCN2CCC(=O)NC2=O)C(=O)O)Cc2cccc(n2)CN(C(CCNC(=O)NCN2C(=O)CCNC2=O)C(=O)O)CC1.O=NCN1C(=O)CCNC1=O.[2H]CF.[Mn]. The van der Waals surface area contributed by atoms with Gasteiger partial charge in [0.25, 0.3) is 0 Å². The van der Waals surface area contributed by atoms with Crippen molar-refractivity contribution in [2.45, 2.75) is 57.3 Å². The number of hydrogen-bond acceptors (Lipinski definition) is 16. The van der Waals surface area contributed by atoms with E-state index in [-0.39, 0.29) is 108 Å². The predicted octanol–water partition coefficient (Wildman–Crippen LogP) is -2.05. The first-order valence-corrected chi connectivity index (χ1v) is 21.0. The minimum absolute atomic E-state index is 0. The van der Waals surface area contributed by atoms with E-state index >= 15 is 0 Å². The number of pyridine rings is 1. The van der Waals surface area contributed by atoms with Gasteiger partial charge in [-0.3, -0.25) is 48.5 Å². The van der Waals surface area contributed by atoms with Gasteiger partial charge in [0.1, 0.15) is 18.8 Å². The van der Waals surface area contributed by atoms with Crippen molar-refractivity contribution in [3.63, 3.8) is 0 Å². The first-order chi connectivity index (χ1) is 32.5. The first kappa shape index (κ1) is 55.7. The van der Waals surface area contributed by atoms with Crippen LogP contribution >= 0.6 is 0 Å². The minimum Gasteiger partial charge on any atom is -0.480 e. The zero-order valence-electron chi connectivity index (χ0n) is 38.2. The molecule has 0 aliphatic carbocycles. The summed E-state index contributed by atoms with van der Waals surface area (Å²) in [7, 11) is 0.842. The molecule has 2 atom stereocenters. The van der Waals surface area contributed by atoms with Gasteiger partial charge in [-0.1, -0.05) is 6.07 Å². The standard InChI is InChI=1S/C32H48N12O10.C5H7N3O3.CH3F.Mn/c1-40-13-15-41(23(27(47)48)5-9-33-29(51)36-19-43-12-8-25(45)39-32(43)54)17-21-3-2-4-22(38-21)18-42(16-14-40)24(28(49)50)6-10-34-30(52)37-20-44-26(46)7-11-35-31(44)53;9-4-1-2-6-5(10)8(4)3-7-11;1-2;/h2-4,23-24H,5-20H2,1H3,(H,35,53)(H,47,48)(H,49,50)(H2,33,36,51)(H2,34,37,52)(H,39,45,54);1-3H2,(H,6,10);1H3;/i;;1D;. The molecule has 5 heterocycles. The molecule has 9 N–H and O–H groups in total. The zero-order chi connectivity index (χ0) is 50.2. The van der Waals surface area contributed by atoms with Gasteiger partial charge < -0.3 is 51.9 Å². The molecule has 30 heteroatoms. The number of hydrogen-bond donors (Lipinski definition) is 9. The van der Waals surface area contributed by atoms with Crippen LogP contribution in [-0.2, 0) is 54.1 Å². The normalized spacial score (nSPS) is 18.3. The summed E-state index contributed by atoms with van der Waals surface area (Å²) in [6, 6.07) is 0.260. The number of carbonyl (C=O) groups excluding carboxylic acids is 8. The van der Waals surface area contributed by atoms with E-state index in [4.69, 9.17) is 6.35 Å². The van der Waals surface area contributed by atoms with Crippen LogP contribution < -0.4 is 37.2 Å². The molecule has 0 spiro atoms. The number of fused-ring (bicyclic) bond motifs is 2. The fourth-order valence-electron chi connectivity index (χ4n) is 6.88. The molecule has 3 saturated heterocycles. The molecule has 2 unspecified atom stereocenters. The molecule has 2 bridgehead atoms. The number of halogens is 1. The van der Waals surface area contributed by atoms with Gasteiger partial charge in [-0.15, -0.1) is 4.91 Å². The quantitative estimate of drug-likeness (QED) is 0.0636. The van der Waals surface area contributed by atoms with Crippen LogP contribution in [0.3, 0.4) is 0 Å². The summed E-state index contributed by atoms with van der Waals surface area (Å²) in [4.78, 5) is 141. The van der Waals surface area contributed by atoms with Gasteiger partial charge in [0.05, 0.1) is 26.6 Å². The zero-order valence-corrected chi connectivity index (χ0v) is 38.4. The number of urea groups is 5. The third-order valence-electron chi connectivity index (χ3n) is 10.5. The molecule has 4 aliphatic rings. The number of rotatable bonds is 16. The minimum atomic E-state index is -1.09. The van der Waals surface area contributed by atoms with Crippen LogP contribution in [0.15, 0.2) is 23.4 Å². The fraction of sp³-hybridized carbons (Fsp3) is 0.605. The van der Waals surface area contributed by atoms with E-state index in [1.165, 1.54) is 4.90 Å². The number of nitrogens with one attached hydrogen (secondary N) is 7. The van der Waals surface area contributed by atoms with Gasteiger partial charge in [-0.25, -0.2) is 33.8 Å².